The predicted molar refractivity (Wildman–Crippen MR) is 102 cm³/mol. The molecule has 7 heteroatoms. The van der Waals surface area contributed by atoms with Gasteiger partial charge in [-0.3, -0.25) is 9.59 Å². The molecule has 1 saturated heterocycles. The Morgan fingerprint density at radius 2 is 1.96 bits per heavy atom. The van der Waals surface area contributed by atoms with E-state index in [0.29, 0.717) is 20.9 Å². The van der Waals surface area contributed by atoms with E-state index < -0.39 is 0 Å². The Morgan fingerprint density at radius 3 is 2.60 bits per heavy atom. The summed E-state index contributed by atoms with van der Waals surface area (Å²) in [5.74, 6) is -0.0582. The number of carbonyl (C=O) groups excluding carboxylic acids is 2. The van der Waals surface area contributed by atoms with E-state index in [1.54, 1.807) is 6.07 Å². The smallest absolute Gasteiger partial charge is 0.227 e. The summed E-state index contributed by atoms with van der Waals surface area (Å²) in [7, 11) is 0. The zero-order chi connectivity index (χ0) is 17.8. The average molecular weight is 423 g/mol. The molecule has 1 aromatic carbocycles. The molecular formula is C18H17BrClN3O2. The summed E-state index contributed by atoms with van der Waals surface area (Å²) in [6.45, 7) is 1.60. The first-order chi connectivity index (χ1) is 12.1. The second-order valence-electron chi connectivity index (χ2n) is 5.95. The van der Waals surface area contributed by atoms with Gasteiger partial charge in [-0.1, -0.05) is 11.6 Å². The fourth-order valence-electron chi connectivity index (χ4n) is 2.91. The van der Waals surface area contributed by atoms with Crippen LogP contribution in [0.25, 0.3) is 0 Å². The monoisotopic (exact) mass is 421 g/mol. The molecule has 1 amide bonds. The van der Waals surface area contributed by atoms with Crippen molar-refractivity contribution in [1.82, 2.24) is 4.98 Å². The van der Waals surface area contributed by atoms with Crippen molar-refractivity contribution in [3.05, 3.63) is 51.7 Å². The summed E-state index contributed by atoms with van der Waals surface area (Å²) in [4.78, 5) is 29.5. The molecule has 0 unspecified atom stereocenters. The van der Waals surface area contributed by atoms with E-state index in [2.05, 4.69) is 31.1 Å². The molecule has 0 radical (unpaired) electrons. The lowest BCUT2D eigenvalue weighted by molar-refractivity contribution is -0.120. The summed E-state index contributed by atoms with van der Waals surface area (Å²) >= 11 is 9.25. The molecule has 1 N–H and O–H groups in total. The van der Waals surface area contributed by atoms with Crippen molar-refractivity contribution in [2.24, 2.45) is 5.92 Å². The highest BCUT2D eigenvalue weighted by molar-refractivity contribution is 9.10. The molecular weight excluding hydrogens is 406 g/mol. The highest BCUT2D eigenvalue weighted by Crippen LogP contribution is 2.27. The number of hydrogen-bond donors (Lipinski definition) is 1. The van der Waals surface area contributed by atoms with Crippen molar-refractivity contribution in [1.29, 1.82) is 0 Å². The second-order valence-corrected chi connectivity index (χ2v) is 7.14. The molecule has 25 heavy (non-hydrogen) atoms. The molecule has 1 aromatic heterocycles. The van der Waals surface area contributed by atoms with E-state index in [0.717, 1.165) is 37.9 Å². The van der Waals surface area contributed by atoms with Gasteiger partial charge in [0.15, 0.2) is 0 Å². The first-order valence-electron chi connectivity index (χ1n) is 7.99. The van der Waals surface area contributed by atoms with Crippen molar-refractivity contribution in [3.8, 4) is 0 Å². The van der Waals surface area contributed by atoms with Gasteiger partial charge in [0.05, 0.1) is 10.7 Å². The van der Waals surface area contributed by atoms with Crippen molar-refractivity contribution < 1.29 is 9.59 Å². The lowest BCUT2D eigenvalue weighted by atomic mass is 9.95. The maximum Gasteiger partial charge on any atom is 0.227 e. The lowest BCUT2D eigenvalue weighted by Crippen LogP contribution is -2.38. The Morgan fingerprint density at radius 1 is 1.28 bits per heavy atom. The molecule has 0 saturated carbocycles. The maximum atomic E-state index is 12.5. The van der Waals surface area contributed by atoms with Crippen molar-refractivity contribution in [3.63, 3.8) is 0 Å². The molecule has 0 bridgehead atoms. The van der Waals surface area contributed by atoms with Crippen LogP contribution in [-0.4, -0.2) is 30.3 Å². The Bertz CT molecular complexity index is 774. The van der Waals surface area contributed by atoms with Gasteiger partial charge in [0.2, 0.25) is 5.91 Å². The number of nitrogens with zero attached hydrogens (tertiary/aromatic N) is 2. The molecule has 2 heterocycles. The van der Waals surface area contributed by atoms with Crippen LogP contribution in [0.4, 0.5) is 11.4 Å². The fourth-order valence-corrected chi connectivity index (χ4v) is 3.38. The number of hydrogen-bond acceptors (Lipinski definition) is 4. The van der Waals surface area contributed by atoms with Gasteiger partial charge in [-0.05, 0) is 59.1 Å². The van der Waals surface area contributed by atoms with Crippen LogP contribution in [0.1, 0.15) is 23.2 Å². The van der Waals surface area contributed by atoms with E-state index in [-0.39, 0.29) is 11.8 Å². The number of piperidine rings is 1. The van der Waals surface area contributed by atoms with Crippen molar-refractivity contribution in [2.45, 2.75) is 12.8 Å². The van der Waals surface area contributed by atoms with Crippen molar-refractivity contribution >= 4 is 51.1 Å². The molecule has 2 aromatic rings. The van der Waals surface area contributed by atoms with Gasteiger partial charge in [0.1, 0.15) is 10.9 Å². The van der Waals surface area contributed by atoms with Crippen LogP contribution in [0.15, 0.2) is 41.1 Å². The molecule has 0 atom stereocenters. The predicted octanol–water partition coefficient (Wildman–Crippen LogP) is 4.17. The van der Waals surface area contributed by atoms with E-state index in [1.165, 1.54) is 6.20 Å². The topological polar surface area (TPSA) is 62.3 Å². The van der Waals surface area contributed by atoms with Crippen LogP contribution >= 0.6 is 27.5 Å². The third-order valence-electron chi connectivity index (χ3n) is 4.32. The quantitative estimate of drug-likeness (QED) is 0.593. The third-order valence-corrected chi connectivity index (χ3v) is 5.16. The summed E-state index contributed by atoms with van der Waals surface area (Å²) < 4.78 is 0.568. The van der Waals surface area contributed by atoms with Gasteiger partial charge < -0.3 is 10.2 Å². The third kappa shape index (κ3) is 4.38. The van der Waals surface area contributed by atoms with Crippen LogP contribution in [-0.2, 0) is 4.79 Å². The van der Waals surface area contributed by atoms with Gasteiger partial charge >= 0.3 is 0 Å². The number of aromatic nitrogens is 1. The Labute approximate surface area is 159 Å². The standard InChI is InChI=1S/C18H17BrClN3O2/c19-17-16(9-14(20)10-21-17)22-18(25)13-5-7-23(8-6-13)15-3-1-12(11-24)2-4-15/h1-4,9-11,13H,5-8H2,(H,22,25). The average Bonchev–Trinajstić information content (AvgIpc) is 2.65. The zero-order valence-electron chi connectivity index (χ0n) is 13.4. The normalized spacial score (nSPS) is 15.0. The molecule has 0 aliphatic carbocycles. The maximum absolute atomic E-state index is 12.5. The minimum atomic E-state index is -0.0450. The van der Waals surface area contributed by atoms with Crippen LogP contribution in [0.5, 0.6) is 0 Å². The van der Waals surface area contributed by atoms with Crippen LogP contribution in [0.3, 0.4) is 0 Å². The summed E-state index contributed by atoms with van der Waals surface area (Å²) in [6.07, 6.45) is 3.90. The Kier molecular flexibility index (Phi) is 5.71. The largest absolute Gasteiger partial charge is 0.371 e. The van der Waals surface area contributed by atoms with Crippen molar-refractivity contribution in [2.75, 3.05) is 23.3 Å². The number of anilines is 2. The zero-order valence-corrected chi connectivity index (χ0v) is 15.8. The minimum absolute atomic E-state index is 0.0132. The first kappa shape index (κ1) is 17.9. The minimum Gasteiger partial charge on any atom is -0.371 e. The lowest BCUT2D eigenvalue weighted by Gasteiger charge is -2.33. The number of benzene rings is 1. The summed E-state index contributed by atoms with van der Waals surface area (Å²) in [5.41, 5.74) is 2.33. The van der Waals surface area contributed by atoms with E-state index in [9.17, 15) is 9.59 Å². The number of halogens is 2. The molecule has 1 aliphatic heterocycles. The molecule has 1 fully saturated rings. The SMILES string of the molecule is O=Cc1ccc(N2CCC(C(=O)Nc3cc(Cl)cnc3Br)CC2)cc1. The molecule has 3 rings (SSSR count). The molecule has 0 spiro atoms. The number of amides is 1. The van der Waals surface area contributed by atoms with E-state index >= 15 is 0 Å². The number of carbonyl (C=O) groups is 2. The van der Waals surface area contributed by atoms with Crippen LogP contribution in [0.2, 0.25) is 5.02 Å². The van der Waals surface area contributed by atoms with Gasteiger partial charge in [0, 0.05) is 36.5 Å². The number of rotatable bonds is 4. The molecule has 5 nitrogen and oxygen atoms in total. The van der Waals surface area contributed by atoms with Crippen LogP contribution in [0, 0.1) is 5.92 Å². The van der Waals surface area contributed by atoms with Gasteiger partial charge in [0.25, 0.3) is 0 Å². The highest BCUT2D eigenvalue weighted by atomic mass is 79.9. The van der Waals surface area contributed by atoms with E-state index in [1.807, 2.05) is 24.3 Å². The highest BCUT2D eigenvalue weighted by Gasteiger charge is 2.25. The first-order valence-corrected chi connectivity index (χ1v) is 9.16. The second kappa shape index (κ2) is 7.97. The van der Waals surface area contributed by atoms with Gasteiger partial charge in [-0.25, -0.2) is 4.98 Å². The van der Waals surface area contributed by atoms with Crippen LogP contribution < -0.4 is 10.2 Å². The summed E-state index contributed by atoms with van der Waals surface area (Å²) in [5, 5.41) is 3.38. The fraction of sp³-hybridized carbons (Fsp3) is 0.278. The molecule has 130 valence electrons. The Balaban J connectivity index is 1.58. The summed E-state index contributed by atoms with van der Waals surface area (Å²) in [6, 6.07) is 9.19. The number of aldehydes is 1. The van der Waals surface area contributed by atoms with Gasteiger partial charge in [-0.2, -0.15) is 0 Å². The van der Waals surface area contributed by atoms with E-state index in [4.69, 9.17) is 11.6 Å². The number of pyridine rings is 1. The molecule has 1 aliphatic rings. The Hall–Kier alpha value is -1.92. The van der Waals surface area contributed by atoms with Gasteiger partial charge in [-0.15, -0.1) is 0 Å². The number of nitrogens with one attached hydrogen (secondary N) is 1.